The van der Waals surface area contributed by atoms with Crippen molar-refractivity contribution in [2.24, 2.45) is 0 Å². The Kier molecular flexibility index (Phi) is 1.88. The van der Waals surface area contributed by atoms with Crippen molar-refractivity contribution in [1.82, 2.24) is 4.73 Å². The Bertz CT molecular complexity index is 491. The fourth-order valence-electron chi connectivity index (χ4n) is 2.55. The van der Waals surface area contributed by atoms with Crippen LogP contribution in [0.4, 0.5) is 0 Å². The lowest BCUT2D eigenvalue weighted by Crippen LogP contribution is -2.02. The molecule has 5 heteroatoms. The van der Waals surface area contributed by atoms with Gasteiger partial charge >= 0.3 is 0 Å². The Morgan fingerprint density at radius 2 is 1.88 bits per heavy atom. The Hall–Kier alpha value is -1.67. The van der Waals surface area contributed by atoms with E-state index in [4.69, 9.17) is 10.7 Å². The van der Waals surface area contributed by atoms with Crippen LogP contribution in [0.25, 0.3) is 0 Å². The van der Waals surface area contributed by atoms with Gasteiger partial charge < -0.3 is 14.5 Å². The minimum absolute atomic E-state index is 0.0490. The number of terminal acetylenes is 1. The third-order valence-electron chi connectivity index (χ3n) is 3.14. The summed E-state index contributed by atoms with van der Waals surface area (Å²) in [7, 11) is 0. The molecule has 0 fully saturated rings. The first kappa shape index (κ1) is 9.55. The minimum Gasteiger partial charge on any atom is -0.492 e. The molecular formula is C11H9NO3S. The van der Waals surface area contributed by atoms with E-state index in [0.29, 0.717) is 0 Å². The third kappa shape index (κ3) is 1.02. The number of nitrogens with zero attached hydrogens (tertiary/aromatic N) is 1. The zero-order valence-corrected chi connectivity index (χ0v) is 9.07. The van der Waals surface area contributed by atoms with Crippen LogP contribution >= 0.6 is 12.0 Å². The van der Waals surface area contributed by atoms with Crippen LogP contribution in [0.1, 0.15) is 29.4 Å². The molecule has 0 aromatic carbocycles. The van der Waals surface area contributed by atoms with Crippen molar-refractivity contribution in [3.8, 4) is 23.4 Å². The standard InChI is InChI=1S/C11H9NO3S/c1-2-16-15-12-10(13)8-6-3-4-7(5-6)9(8)11(12)14/h1,3-4,6-7,13-14H,5H2. The van der Waals surface area contributed by atoms with Gasteiger partial charge in [-0.2, -0.15) is 0 Å². The van der Waals surface area contributed by atoms with Gasteiger partial charge in [-0.3, -0.25) is 0 Å². The maximum Gasteiger partial charge on any atom is 0.234 e. The van der Waals surface area contributed by atoms with Gasteiger partial charge in [-0.05, 0) is 6.42 Å². The van der Waals surface area contributed by atoms with Crippen molar-refractivity contribution in [1.29, 1.82) is 0 Å². The van der Waals surface area contributed by atoms with Gasteiger partial charge in [-0.1, -0.05) is 16.9 Å². The van der Waals surface area contributed by atoms with Gasteiger partial charge in [-0.15, -0.1) is 6.42 Å². The van der Waals surface area contributed by atoms with E-state index in [2.05, 4.69) is 5.25 Å². The normalized spacial score (nSPS) is 24.4. The number of hydrogen-bond donors (Lipinski definition) is 2. The molecule has 0 aliphatic heterocycles. The monoisotopic (exact) mass is 235 g/mol. The predicted molar refractivity (Wildman–Crippen MR) is 60.0 cm³/mol. The summed E-state index contributed by atoms with van der Waals surface area (Å²) < 4.78 is 6.00. The van der Waals surface area contributed by atoms with Crippen LogP contribution in [0.15, 0.2) is 12.2 Å². The molecule has 0 spiro atoms. The lowest BCUT2D eigenvalue weighted by atomic mass is 10.0. The molecule has 82 valence electrons. The number of aromatic hydroxyl groups is 2. The van der Waals surface area contributed by atoms with Gasteiger partial charge in [0.15, 0.2) is 12.0 Å². The van der Waals surface area contributed by atoms with E-state index < -0.39 is 0 Å². The average Bonchev–Trinajstić information content (AvgIpc) is 2.92. The fourth-order valence-corrected chi connectivity index (χ4v) is 2.81. The Morgan fingerprint density at radius 1 is 1.31 bits per heavy atom. The van der Waals surface area contributed by atoms with Crippen LogP contribution in [-0.4, -0.2) is 14.9 Å². The lowest BCUT2D eigenvalue weighted by Gasteiger charge is -2.06. The summed E-state index contributed by atoms with van der Waals surface area (Å²) in [5, 5.41) is 22.1. The highest BCUT2D eigenvalue weighted by Crippen LogP contribution is 2.56. The van der Waals surface area contributed by atoms with Gasteiger partial charge in [-0.25, -0.2) is 0 Å². The van der Waals surface area contributed by atoms with Gasteiger partial charge in [0.25, 0.3) is 0 Å². The highest BCUT2D eigenvalue weighted by molar-refractivity contribution is 7.99. The molecule has 1 aromatic rings. The van der Waals surface area contributed by atoms with Gasteiger partial charge in [0.05, 0.1) is 0 Å². The quantitative estimate of drug-likeness (QED) is 0.465. The van der Waals surface area contributed by atoms with Crippen LogP contribution in [0, 0.1) is 11.7 Å². The second-order valence-corrected chi connectivity index (χ2v) is 4.43. The smallest absolute Gasteiger partial charge is 0.234 e. The molecule has 1 aromatic heterocycles. The van der Waals surface area contributed by atoms with Crippen LogP contribution < -0.4 is 4.28 Å². The first-order valence-electron chi connectivity index (χ1n) is 4.88. The van der Waals surface area contributed by atoms with E-state index in [1.165, 1.54) is 0 Å². The number of fused-ring (bicyclic) bond motifs is 5. The summed E-state index contributed by atoms with van der Waals surface area (Å²) in [5.41, 5.74) is 1.53. The van der Waals surface area contributed by atoms with Crippen LogP contribution in [0.5, 0.6) is 11.8 Å². The summed E-state index contributed by atoms with van der Waals surface area (Å²) in [5.74, 6) is 0.275. The molecule has 2 aliphatic rings. The highest BCUT2D eigenvalue weighted by atomic mass is 32.2. The van der Waals surface area contributed by atoms with E-state index >= 15 is 0 Å². The molecule has 0 amide bonds. The maximum atomic E-state index is 9.94. The van der Waals surface area contributed by atoms with Gasteiger partial charge in [0.1, 0.15) is 0 Å². The first-order valence-corrected chi connectivity index (χ1v) is 5.62. The molecule has 2 bridgehead atoms. The molecule has 4 nitrogen and oxygen atoms in total. The molecule has 0 saturated heterocycles. The fraction of sp³-hybridized carbons (Fsp3) is 0.273. The summed E-state index contributed by atoms with van der Waals surface area (Å²) in [6.07, 6.45) is 10.1. The number of allylic oxidation sites excluding steroid dienone is 2. The largest absolute Gasteiger partial charge is 0.492 e. The van der Waals surface area contributed by atoms with Gasteiger partial charge in [0, 0.05) is 28.2 Å². The molecule has 0 saturated carbocycles. The van der Waals surface area contributed by atoms with E-state index in [1.807, 2.05) is 12.2 Å². The van der Waals surface area contributed by atoms with E-state index in [0.717, 1.165) is 34.3 Å². The van der Waals surface area contributed by atoms with Crippen LogP contribution in [0.3, 0.4) is 0 Å². The van der Waals surface area contributed by atoms with Crippen molar-refractivity contribution in [3.05, 3.63) is 23.3 Å². The summed E-state index contributed by atoms with van der Waals surface area (Å²) in [6.45, 7) is 0. The number of aromatic nitrogens is 1. The second kappa shape index (κ2) is 3.16. The predicted octanol–water partition coefficient (Wildman–Crippen LogP) is 1.71. The van der Waals surface area contributed by atoms with Gasteiger partial charge in [0.2, 0.25) is 11.8 Å². The van der Waals surface area contributed by atoms with E-state index in [-0.39, 0.29) is 23.6 Å². The first-order chi connectivity index (χ1) is 7.74. The summed E-state index contributed by atoms with van der Waals surface area (Å²) in [6, 6.07) is 0. The summed E-state index contributed by atoms with van der Waals surface area (Å²) >= 11 is 0.719. The van der Waals surface area contributed by atoms with Crippen molar-refractivity contribution in [2.45, 2.75) is 18.3 Å². The summed E-state index contributed by atoms with van der Waals surface area (Å²) in [4.78, 5) is 0. The number of rotatable bonds is 2. The van der Waals surface area contributed by atoms with Crippen molar-refractivity contribution < 1.29 is 14.5 Å². The Labute approximate surface area is 96.7 Å². The molecule has 2 unspecified atom stereocenters. The number of hydrogen-bond acceptors (Lipinski definition) is 4. The molecular weight excluding hydrogens is 226 g/mol. The molecule has 1 heterocycles. The highest BCUT2D eigenvalue weighted by Gasteiger charge is 2.41. The zero-order valence-electron chi connectivity index (χ0n) is 8.25. The molecule has 2 atom stereocenters. The molecule has 2 N–H and O–H groups in total. The SMILES string of the molecule is C#CSOn1c(O)c2c(c1O)C1C=CC2C1. The molecule has 2 aliphatic carbocycles. The van der Waals surface area contributed by atoms with E-state index in [9.17, 15) is 10.2 Å². The topological polar surface area (TPSA) is 54.6 Å². The minimum atomic E-state index is -0.0490. The average molecular weight is 235 g/mol. The zero-order chi connectivity index (χ0) is 11.3. The molecule has 0 radical (unpaired) electrons. The van der Waals surface area contributed by atoms with Crippen LogP contribution in [0.2, 0.25) is 0 Å². The maximum absolute atomic E-state index is 9.94. The third-order valence-corrected chi connectivity index (χ3v) is 3.46. The Morgan fingerprint density at radius 3 is 2.38 bits per heavy atom. The van der Waals surface area contributed by atoms with Crippen LogP contribution in [-0.2, 0) is 0 Å². The van der Waals surface area contributed by atoms with Crippen molar-refractivity contribution in [3.63, 3.8) is 0 Å². The van der Waals surface area contributed by atoms with Crippen molar-refractivity contribution >= 4 is 12.0 Å². The van der Waals surface area contributed by atoms with E-state index in [1.54, 1.807) is 0 Å². The molecule has 3 rings (SSSR count). The Balaban J connectivity index is 2.09. The molecule has 16 heavy (non-hydrogen) atoms. The van der Waals surface area contributed by atoms with Crippen molar-refractivity contribution in [2.75, 3.05) is 0 Å². The lowest BCUT2D eigenvalue weighted by molar-refractivity contribution is 0.224. The second-order valence-electron chi connectivity index (χ2n) is 3.88.